The van der Waals surface area contributed by atoms with E-state index in [-0.39, 0.29) is 0 Å². The van der Waals surface area contributed by atoms with Gasteiger partial charge in [-0.1, -0.05) is 38.8 Å². The fourth-order valence-electron chi connectivity index (χ4n) is 3.34. The monoisotopic (exact) mass is 334 g/mol. The summed E-state index contributed by atoms with van der Waals surface area (Å²) in [5.41, 5.74) is -4.33. The first kappa shape index (κ1) is 20.0. The Bertz CT molecular complexity index is 446. The van der Waals surface area contributed by atoms with Crippen molar-refractivity contribution in [3.8, 4) is 0 Å². The predicted molar refractivity (Wildman–Crippen MR) is 85.0 cm³/mol. The van der Waals surface area contributed by atoms with Crippen LogP contribution in [0.1, 0.15) is 73.6 Å². The Morgan fingerprint density at radius 1 is 1.04 bits per heavy atom. The summed E-state index contributed by atoms with van der Waals surface area (Å²) >= 11 is 0. The molecule has 5 heteroatoms. The number of hydrogen-bond acceptors (Lipinski definition) is 2. The number of esters is 1. The molecule has 0 bridgehead atoms. The Balaban J connectivity index is 3.33. The molecule has 2 nitrogen and oxygen atoms in total. The van der Waals surface area contributed by atoms with Gasteiger partial charge in [0.1, 0.15) is 5.60 Å². The summed E-state index contributed by atoms with van der Waals surface area (Å²) in [7, 11) is 0. The van der Waals surface area contributed by atoms with Crippen molar-refractivity contribution in [1.29, 1.82) is 0 Å². The molecule has 0 spiro atoms. The molecule has 1 fully saturated rings. The number of rotatable bonds is 3. The SMILES string of the molecule is CC(C)=CC(C(=O)OC1(C)CCCCC1)(C(C)(C)C)C(F)(F)F. The van der Waals surface area contributed by atoms with Gasteiger partial charge in [-0.05, 0) is 51.9 Å². The van der Waals surface area contributed by atoms with Crippen molar-refractivity contribution in [2.24, 2.45) is 10.8 Å². The Morgan fingerprint density at radius 2 is 1.52 bits per heavy atom. The van der Waals surface area contributed by atoms with Gasteiger partial charge in [-0.3, -0.25) is 4.79 Å². The molecular weight excluding hydrogens is 305 g/mol. The van der Waals surface area contributed by atoms with Gasteiger partial charge in [-0.25, -0.2) is 0 Å². The molecule has 1 unspecified atom stereocenters. The van der Waals surface area contributed by atoms with Crippen LogP contribution in [0.25, 0.3) is 0 Å². The van der Waals surface area contributed by atoms with Crippen molar-refractivity contribution in [2.45, 2.75) is 85.4 Å². The van der Waals surface area contributed by atoms with E-state index in [0.717, 1.165) is 25.3 Å². The van der Waals surface area contributed by atoms with Crippen LogP contribution >= 0.6 is 0 Å². The van der Waals surface area contributed by atoms with E-state index in [9.17, 15) is 18.0 Å². The quantitative estimate of drug-likeness (QED) is 0.480. The lowest BCUT2D eigenvalue weighted by atomic mass is 9.65. The minimum absolute atomic E-state index is 0.447. The summed E-state index contributed by atoms with van der Waals surface area (Å²) in [6.07, 6.45) is 0.330. The molecule has 0 aromatic heterocycles. The van der Waals surface area contributed by atoms with Crippen LogP contribution in [0.4, 0.5) is 13.2 Å². The van der Waals surface area contributed by atoms with Gasteiger partial charge >= 0.3 is 12.1 Å². The van der Waals surface area contributed by atoms with Gasteiger partial charge in [0, 0.05) is 0 Å². The lowest BCUT2D eigenvalue weighted by Gasteiger charge is -2.44. The van der Waals surface area contributed by atoms with Gasteiger partial charge in [0.05, 0.1) is 0 Å². The van der Waals surface area contributed by atoms with Gasteiger partial charge in [0.25, 0.3) is 0 Å². The molecule has 1 atom stereocenters. The Morgan fingerprint density at radius 3 is 1.87 bits per heavy atom. The standard InChI is InChI=1S/C18H29F3O2/c1-13(2)12-17(15(3,4)5,18(19,20)21)14(22)23-16(6)10-8-7-9-11-16/h12H,7-11H2,1-6H3. The number of hydrogen-bond donors (Lipinski definition) is 0. The van der Waals surface area contributed by atoms with E-state index < -0.39 is 28.6 Å². The second-order valence-electron chi connectivity index (χ2n) is 8.18. The predicted octanol–water partition coefficient (Wildman–Crippen LogP) is 5.81. The molecule has 1 rings (SSSR count). The maximum atomic E-state index is 14.0. The topological polar surface area (TPSA) is 26.3 Å². The Labute approximate surface area is 137 Å². The third kappa shape index (κ3) is 4.10. The molecule has 0 aromatic carbocycles. The van der Waals surface area contributed by atoms with Gasteiger partial charge in [0.15, 0.2) is 5.41 Å². The number of carbonyl (C=O) groups excluding carboxylic acids is 1. The summed E-state index contributed by atoms with van der Waals surface area (Å²) < 4.78 is 47.5. The second kappa shape index (κ2) is 6.48. The van der Waals surface area contributed by atoms with E-state index in [1.165, 1.54) is 20.8 Å². The van der Waals surface area contributed by atoms with E-state index in [0.29, 0.717) is 18.4 Å². The molecule has 0 amide bonds. The molecule has 0 saturated heterocycles. The Hall–Kier alpha value is -1.00. The maximum Gasteiger partial charge on any atom is 0.408 e. The first-order valence-electron chi connectivity index (χ1n) is 8.21. The van der Waals surface area contributed by atoms with E-state index >= 15 is 0 Å². The van der Waals surface area contributed by atoms with E-state index in [2.05, 4.69) is 0 Å². The van der Waals surface area contributed by atoms with E-state index in [1.54, 1.807) is 20.8 Å². The van der Waals surface area contributed by atoms with Crippen LogP contribution in [0.2, 0.25) is 0 Å². The van der Waals surface area contributed by atoms with Crippen LogP contribution in [-0.2, 0) is 9.53 Å². The van der Waals surface area contributed by atoms with Gasteiger partial charge in [0.2, 0.25) is 0 Å². The summed E-state index contributed by atoms with van der Waals surface area (Å²) in [5.74, 6) is -1.18. The average Bonchev–Trinajstić information content (AvgIpc) is 2.32. The van der Waals surface area contributed by atoms with Gasteiger partial charge in [-0.15, -0.1) is 0 Å². The van der Waals surface area contributed by atoms with Crippen LogP contribution < -0.4 is 0 Å². The number of carbonyl (C=O) groups is 1. The molecule has 23 heavy (non-hydrogen) atoms. The van der Waals surface area contributed by atoms with Crippen molar-refractivity contribution in [3.63, 3.8) is 0 Å². The average molecular weight is 334 g/mol. The number of allylic oxidation sites excluding steroid dienone is 1. The minimum atomic E-state index is -4.72. The van der Waals surface area contributed by atoms with Crippen molar-refractivity contribution < 1.29 is 22.7 Å². The summed E-state index contributed by atoms with van der Waals surface area (Å²) in [6, 6.07) is 0. The highest BCUT2D eigenvalue weighted by Gasteiger charge is 2.66. The lowest BCUT2D eigenvalue weighted by Crippen LogP contribution is -2.55. The fraction of sp³-hybridized carbons (Fsp3) is 0.833. The number of alkyl halides is 3. The summed E-state index contributed by atoms with van der Waals surface area (Å²) in [6.45, 7) is 9.19. The third-order valence-corrected chi connectivity index (χ3v) is 4.71. The smallest absolute Gasteiger partial charge is 0.408 e. The highest BCUT2D eigenvalue weighted by molar-refractivity contribution is 5.82. The maximum absolute atomic E-state index is 14.0. The van der Waals surface area contributed by atoms with Gasteiger partial charge in [-0.2, -0.15) is 13.2 Å². The molecular formula is C18H29F3O2. The van der Waals surface area contributed by atoms with Crippen LogP contribution in [0.3, 0.4) is 0 Å². The molecule has 134 valence electrons. The third-order valence-electron chi connectivity index (χ3n) is 4.71. The van der Waals surface area contributed by atoms with Crippen LogP contribution in [0, 0.1) is 10.8 Å². The molecule has 0 radical (unpaired) electrons. The summed E-state index contributed by atoms with van der Waals surface area (Å²) in [4.78, 5) is 12.8. The van der Waals surface area contributed by atoms with Gasteiger partial charge < -0.3 is 4.74 Å². The number of halogens is 3. The molecule has 1 aliphatic rings. The molecule has 1 saturated carbocycles. The van der Waals surface area contributed by atoms with E-state index in [4.69, 9.17) is 4.74 Å². The largest absolute Gasteiger partial charge is 0.458 e. The Kier molecular flexibility index (Phi) is 5.65. The molecule has 0 aromatic rings. The first-order valence-corrected chi connectivity index (χ1v) is 8.21. The van der Waals surface area contributed by atoms with Crippen LogP contribution in [0.5, 0.6) is 0 Å². The van der Waals surface area contributed by atoms with Crippen LogP contribution in [0.15, 0.2) is 11.6 Å². The zero-order valence-electron chi connectivity index (χ0n) is 15.1. The van der Waals surface area contributed by atoms with Crippen LogP contribution in [-0.4, -0.2) is 17.7 Å². The van der Waals surface area contributed by atoms with Crippen molar-refractivity contribution in [2.75, 3.05) is 0 Å². The minimum Gasteiger partial charge on any atom is -0.458 e. The molecule has 0 aliphatic heterocycles. The zero-order chi connectivity index (χ0) is 18.1. The van der Waals surface area contributed by atoms with Crippen molar-refractivity contribution >= 4 is 5.97 Å². The van der Waals surface area contributed by atoms with E-state index in [1.807, 2.05) is 0 Å². The van der Waals surface area contributed by atoms with Crippen molar-refractivity contribution in [3.05, 3.63) is 11.6 Å². The molecule has 0 heterocycles. The fourth-order valence-corrected chi connectivity index (χ4v) is 3.34. The number of ether oxygens (including phenoxy) is 1. The highest BCUT2D eigenvalue weighted by atomic mass is 19.4. The van der Waals surface area contributed by atoms with Crippen molar-refractivity contribution in [1.82, 2.24) is 0 Å². The highest BCUT2D eigenvalue weighted by Crippen LogP contribution is 2.54. The zero-order valence-corrected chi connectivity index (χ0v) is 15.1. The normalized spacial score (nSPS) is 21.3. The molecule has 0 N–H and O–H groups in total. The summed E-state index contributed by atoms with van der Waals surface area (Å²) in [5, 5.41) is 0. The first-order chi connectivity index (χ1) is 10.3. The lowest BCUT2D eigenvalue weighted by molar-refractivity contribution is -0.251. The second-order valence-corrected chi connectivity index (χ2v) is 8.18. The molecule has 1 aliphatic carbocycles.